The van der Waals surface area contributed by atoms with Gasteiger partial charge < -0.3 is 14.0 Å². The van der Waals surface area contributed by atoms with Crippen molar-refractivity contribution in [3.05, 3.63) is 29.7 Å². The van der Waals surface area contributed by atoms with E-state index in [0.29, 0.717) is 0 Å². The molecule has 0 aromatic carbocycles. The number of carbonyl (C=O) groups excluding carboxylic acids is 1. The Bertz CT molecular complexity index is 662. The van der Waals surface area contributed by atoms with Crippen molar-refractivity contribution in [2.24, 2.45) is 0 Å². The molecule has 3 heterocycles. The number of fused-ring (bicyclic) bond motifs is 1. The fourth-order valence-corrected chi connectivity index (χ4v) is 2.90. The number of piperidine rings is 1. The number of hydrogen-bond donors (Lipinski definition) is 0. The van der Waals surface area contributed by atoms with Crippen LogP contribution in [0.25, 0.3) is 5.65 Å². The van der Waals surface area contributed by atoms with Crippen LogP contribution in [0.4, 0.5) is 0 Å². The lowest BCUT2D eigenvalue weighted by atomic mass is 9.90. The van der Waals surface area contributed by atoms with Crippen molar-refractivity contribution >= 4 is 11.6 Å². The predicted molar refractivity (Wildman–Crippen MR) is 76.1 cm³/mol. The predicted octanol–water partition coefficient (Wildman–Crippen LogP) is 1.99. The minimum atomic E-state index is -0.116. The molecule has 1 saturated heterocycles. The zero-order valence-corrected chi connectivity index (χ0v) is 12.1. The first-order valence-electron chi connectivity index (χ1n) is 6.88. The van der Waals surface area contributed by atoms with E-state index in [0.717, 1.165) is 42.0 Å². The number of methoxy groups -OCH3 is 1. The van der Waals surface area contributed by atoms with Crippen molar-refractivity contribution in [3.8, 4) is 5.75 Å². The van der Waals surface area contributed by atoms with E-state index in [9.17, 15) is 4.79 Å². The lowest BCUT2D eigenvalue weighted by Crippen LogP contribution is -2.37. The van der Waals surface area contributed by atoms with Gasteiger partial charge in [0.05, 0.1) is 13.0 Å². The van der Waals surface area contributed by atoms with Crippen LogP contribution in [0.3, 0.4) is 0 Å². The molecule has 20 heavy (non-hydrogen) atoms. The third-order valence-electron chi connectivity index (χ3n) is 4.08. The van der Waals surface area contributed by atoms with Crippen molar-refractivity contribution in [1.29, 1.82) is 0 Å². The average molecular weight is 273 g/mol. The molecule has 1 aliphatic heterocycles. The molecule has 2 aromatic rings. The maximum atomic E-state index is 12.4. The highest BCUT2D eigenvalue weighted by molar-refractivity contribution is 5.85. The topological polar surface area (TPSA) is 46.8 Å². The first-order valence-corrected chi connectivity index (χ1v) is 6.88. The molecule has 106 valence electrons. The van der Waals surface area contributed by atoms with Gasteiger partial charge in [-0.15, -0.1) is 0 Å². The number of nitrogens with zero attached hydrogens (tertiary/aromatic N) is 3. The molecule has 0 radical (unpaired) electrons. The Morgan fingerprint density at radius 2 is 2.25 bits per heavy atom. The van der Waals surface area contributed by atoms with Crippen LogP contribution in [0, 0.1) is 6.92 Å². The number of imidazole rings is 1. The number of rotatable bonds is 2. The van der Waals surface area contributed by atoms with Gasteiger partial charge in [-0.05, 0) is 19.8 Å². The number of pyridine rings is 1. The number of likely N-dealkylation sites (N-methyl/N-ethyl adjacent to an activating group) is 1. The normalized spacial score (nSPS) is 19.6. The molecule has 0 bridgehead atoms. The highest BCUT2D eigenvalue weighted by Gasteiger charge is 2.30. The average Bonchev–Trinajstić information content (AvgIpc) is 2.81. The molecule has 1 fully saturated rings. The molecule has 1 unspecified atom stereocenters. The molecule has 2 aromatic heterocycles. The molecule has 3 rings (SSSR count). The molecule has 5 heteroatoms. The lowest BCUT2D eigenvalue weighted by Gasteiger charge is -2.30. The Morgan fingerprint density at radius 1 is 1.45 bits per heavy atom. The van der Waals surface area contributed by atoms with Crippen LogP contribution in [0.2, 0.25) is 0 Å². The van der Waals surface area contributed by atoms with Crippen LogP contribution in [0.5, 0.6) is 5.75 Å². The van der Waals surface area contributed by atoms with E-state index >= 15 is 0 Å². The maximum Gasteiger partial charge on any atom is 0.230 e. The fraction of sp³-hybridized carbons (Fsp3) is 0.467. The zero-order valence-electron chi connectivity index (χ0n) is 12.1. The van der Waals surface area contributed by atoms with Crippen molar-refractivity contribution in [1.82, 2.24) is 14.3 Å². The van der Waals surface area contributed by atoms with Gasteiger partial charge in [-0.1, -0.05) is 0 Å². The van der Waals surface area contributed by atoms with Crippen LogP contribution in [-0.4, -0.2) is 40.9 Å². The quantitative estimate of drug-likeness (QED) is 0.840. The third-order valence-corrected chi connectivity index (χ3v) is 4.08. The van der Waals surface area contributed by atoms with E-state index in [4.69, 9.17) is 4.74 Å². The van der Waals surface area contributed by atoms with Gasteiger partial charge in [0.25, 0.3) is 0 Å². The Labute approximate surface area is 118 Å². The number of aryl methyl sites for hydroxylation is 1. The van der Waals surface area contributed by atoms with E-state index in [2.05, 4.69) is 4.98 Å². The van der Waals surface area contributed by atoms with Crippen LogP contribution >= 0.6 is 0 Å². The summed E-state index contributed by atoms with van der Waals surface area (Å²) >= 11 is 0. The smallest absolute Gasteiger partial charge is 0.230 e. The lowest BCUT2D eigenvalue weighted by molar-refractivity contribution is -0.133. The molecule has 0 aliphatic carbocycles. The Kier molecular flexibility index (Phi) is 3.12. The first kappa shape index (κ1) is 13.0. The van der Waals surface area contributed by atoms with E-state index in [1.54, 1.807) is 12.0 Å². The van der Waals surface area contributed by atoms with Gasteiger partial charge in [0.1, 0.15) is 11.4 Å². The largest absolute Gasteiger partial charge is 0.496 e. The molecular formula is C15H19N3O2. The second-order valence-corrected chi connectivity index (χ2v) is 5.38. The fourth-order valence-electron chi connectivity index (χ4n) is 2.90. The second kappa shape index (κ2) is 4.81. The number of aromatic nitrogens is 2. The summed E-state index contributed by atoms with van der Waals surface area (Å²) in [7, 11) is 3.50. The second-order valence-electron chi connectivity index (χ2n) is 5.38. The summed E-state index contributed by atoms with van der Waals surface area (Å²) in [6.45, 7) is 2.84. The summed E-state index contributed by atoms with van der Waals surface area (Å²) in [5.74, 6) is 0.804. The Morgan fingerprint density at radius 3 is 3.00 bits per heavy atom. The summed E-state index contributed by atoms with van der Waals surface area (Å²) in [5, 5.41) is 0. The summed E-state index contributed by atoms with van der Waals surface area (Å²) in [4.78, 5) is 18.5. The van der Waals surface area contributed by atoms with Crippen molar-refractivity contribution in [2.45, 2.75) is 25.7 Å². The number of likely N-dealkylation sites (tertiary alicyclic amines) is 1. The zero-order chi connectivity index (χ0) is 14.3. The van der Waals surface area contributed by atoms with Crippen molar-refractivity contribution < 1.29 is 9.53 Å². The monoisotopic (exact) mass is 273 g/mol. The molecule has 0 spiro atoms. The molecule has 1 aliphatic rings. The number of ether oxygens (including phenoxy) is 1. The van der Waals surface area contributed by atoms with Gasteiger partial charge >= 0.3 is 0 Å². The van der Waals surface area contributed by atoms with Gasteiger partial charge in [0.15, 0.2) is 0 Å². The Hall–Kier alpha value is -2.04. The van der Waals surface area contributed by atoms with Crippen LogP contribution in [-0.2, 0) is 4.79 Å². The summed E-state index contributed by atoms with van der Waals surface area (Å²) in [5.41, 5.74) is 2.86. The highest BCUT2D eigenvalue weighted by atomic mass is 16.5. The van der Waals surface area contributed by atoms with Gasteiger partial charge in [-0.2, -0.15) is 0 Å². The third kappa shape index (κ3) is 1.94. The standard InChI is InChI=1S/C15H19N3O2/c1-10-8-16-14-7-13(20-3)12(9-18(10)14)11-5-4-6-17(2)15(11)19/h7-9,11H,4-6H2,1-3H3. The summed E-state index contributed by atoms with van der Waals surface area (Å²) in [6.07, 6.45) is 5.72. The van der Waals surface area contributed by atoms with Gasteiger partial charge in [-0.3, -0.25) is 4.79 Å². The maximum absolute atomic E-state index is 12.4. The Balaban J connectivity index is 2.13. The van der Waals surface area contributed by atoms with Crippen molar-refractivity contribution in [2.75, 3.05) is 20.7 Å². The molecule has 5 nitrogen and oxygen atoms in total. The number of carbonyl (C=O) groups is 1. The van der Waals surface area contributed by atoms with E-state index in [1.165, 1.54) is 0 Å². The van der Waals surface area contributed by atoms with Gasteiger partial charge in [0, 0.05) is 43.3 Å². The van der Waals surface area contributed by atoms with Crippen LogP contribution in [0.1, 0.15) is 30.0 Å². The van der Waals surface area contributed by atoms with Gasteiger partial charge in [-0.25, -0.2) is 4.98 Å². The molecule has 1 amide bonds. The SMILES string of the molecule is COc1cc2ncc(C)n2cc1C1CCCN(C)C1=O. The molecule has 0 N–H and O–H groups in total. The minimum Gasteiger partial charge on any atom is -0.496 e. The van der Waals surface area contributed by atoms with Crippen LogP contribution < -0.4 is 4.74 Å². The summed E-state index contributed by atoms with van der Waals surface area (Å²) in [6, 6.07) is 1.91. The molecular weight excluding hydrogens is 254 g/mol. The highest BCUT2D eigenvalue weighted by Crippen LogP contribution is 2.34. The van der Waals surface area contributed by atoms with E-state index in [-0.39, 0.29) is 11.8 Å². The minimum absolute atomic E-state index is 0.116. The van der Waals surface area contributed by atoms with E-state index in [1.807, 2.05) is 36.8 Å². The molecule has 0 saturated carbocycles. The van der Waals surface area contributed by atoms with Crippen LogP contribution in [0.15, 0.2) is 18.5 Å². The number of hydrogen-bond acceptors (Lipinski definition) is 3. The summed E-state index contributed by atoms with van der Waals surface area (Å²) < 4.78 is 7.49. The van der Waals surface area contributed by atoms with Crippen molar-refractivity contribution in [3.63, 3.8) is 0 Å². The van der Waals surface area contributed by atoms with Gasteiger partial charge in [0.2, 0.25) is 5.91 Å². The van der Waals surface area contributed by atoms with E-state index < -0.39 is 0 Å². The number of amides is 1. The molecule has 1 atom stereocenters. The first-order chi connectivity index (χ1) is 9.61.